The average molecular weight is 462 g/mol. The molecule has 1 atom stereocenters. The van der Waals surface area contributed by atoms with E-state index in [2.05, 4.69) is 11.5 Å². The number of benzene rings is 3. The number of likely N-dealkylation sites (tertiary alicyclic amines) is 1. The minimum Gasteiger partial charge on any atom is -0.304 e. The molecular formula is C27H29FN3OP. The number of rotatable bonds is 5. The Bertz CT molecular complexity index is 1110. The van der Waals surface area contributed by atoms with Crippen LogP contribution in [-0.4, -0.2) is 31.1 Å². The molecule has 2 saturated heterocycles. The van der Waals surface area contributed by atoms with Gasteiger partial charge >= 0.3 is 0 Å². The Morgan fingerprint density at radius 3 is 1.73 bits per heavy atom. The van der Waals surface area contributed by atoms with E-state index >= 15 is 8.96 Å². The summed E-state index contributed by atoms with van der Waals surface area (Å²) in [7, 11) is -3.36. The molecule has 0 aromatic heterocycles. The highest BCUT2D eigenvalue weighted by molar-refractivity contribution is 7.67. The zero-order valence-electron chi connectivity index (χ0n) is 18.7. The van der Waals surface area contributed by atoms with Gasteiger partial charge in [0.2, 0.25) is 0 Å². The van der Waals surface area contributed by atoms with Crippen molar-refractivity contribution in [1.82, 2.24) is 4.90 Å². The summed E-state index contributed by atoms with van der Waals surface area (Å²) in [5.74, 6) is -0.898. The molecule has 2 heterocycles. The molecule has 0 saturated carbocycles. The molecule has 2 aliphatic heterocycles. The van der Waals surface area contributed by atoms with Crippen molar-refractivity contribution < 1.29 is 8.96 Å². The van der Waals surface area contributed by atoms with E-state index in [1.54, 1.807) is 12.1 Å². The monoisotopic (exact) mass is 461 g/mol. The third-order valence-electron chi connectivity index (χ3n) is 6.68. The Labute approximate surface area is 195 Å². The van der Waals surface area contributed by atoms with Crippen molar-refractivity contribution in [3.8, 4) is 0 Å². The Balaban J connectivity index is 1.70. The van der Waals surface area contributed by atoms with Gasteiger partial charge in [-0.25, -0.2) is 4.39 Å². The molecule has 0 aliphatic carbocycles. The van der Waals surface area contributed by atoms with Crippen molar-refractivity contribution in [2.45, 2.75) is 18.6 Å². The SMILES string of the molecule is C=C1CCN(C(c2ccccc2F)P2(=O)N(c3ccccc3)CCN2c2ccccc2)CC1. The van der Waals surface area contributed by atoms with E-state index < -0.39 is 13.2 Å². The van der Waals surface area contributed by atoms with Gasteiger partial charge in [-0.2, -0.15) is 0 Å². The van der Waals surface area contributed by atoms with Crippen LogP contribution in [0.2, 0.25) is 0 Å². The highest BCUT2D eigenvalue weighted by Crippen LogP contribution is 2.70. The second-order valence-corrected chi connectivity index (χ2v) is 11.3. The maximum absolute atomic E-state index is 15.5. The number of hydrogen-bond acceptors (Lipinski definition) is 2. The largest absolute Gasteiger partial charge is 0.304 e. The van der Waals surface area contributed by atoms with Crippen LogP contribution in [0.4, 0.5) is 15.8 Å². The van der Waals surface area contributed by atoms with E-state index in [1.165, 1.54) is 11.6 Å². The van der Waals surface area contributed by atoms with E-state index in [1.807, 2.05) is 76.1 Å². The number of piperidine rings is 1. The van der Waals surface area contributed by atoms with Gasteiger partial charge in [0.1, 0.15) is 11.6 Å². The number of para-hydroxylation sites is 2. The summed E-state index contributed by atoms with van der Waals surface area (Å²) >= 11 is 0. The summed E-state index contributed by atoms with van der Waals surface area (Å²) in [5.41, 5.74) is 3.50. The van der Waals surface area contributed by atoms with Crippen molar-refractivity contribution >= 4 is 18.8 Å². The fourth-order valence-corrected chi connectivity index (χ4v) is 8.72. The molecule has 0 radical (unpaired) electrons. The van der Waals surface area contributed by atoms with Gasteiger partial charge in [-0.05, 0) is 43.2 Å². The van der Waals surface area contributed by atoms with Crippen LogP contribution in [0.3, 0.4) is 0 Å². The molecule has 170 valence electrons. The average Bonchev–Trinajstić information content (AvgIpc) is 3.20. The third-order valence-corrected chi connectivity index (χ3v) is 10.2. The van der Waals surface area contributed by atoms with E-state index in [9.17, 15) is 0 Å². The van der Waals surface area contributed by atoms with Crippen LogP contribution in [0.15, 0.2) is 97.1 Å². The van der Waals surface area contributed by atoms with Crippen molar-refractivity contribution in [3.63, 3.8) is 0 Å². The maximum Gasteiger partial charge on any atom is 0.284 e. The van der Waals surface area contributed by atoms with Crippen molar-refractivity contribution in [2.75, 3.05) is 35.5 Å². The molecule has 2 aliphatic rings. The van der Waals surface area contributed by atoms with Crippen LogP contribution in [0.25, 0.3) is 0 Å². The molecule has 0 spiro atoms. The molecule has 4 nitrogen and oxygen atoms in total. The molecule has 1 unspecified atom stereocenters. The van der Waals surface area contributed by atoms with Crippen LogP contribution < -0.4 is 9.34 Å². The molecule has 0 N–H and O–H groups in total. The third kappa shape index (κ3) is 4.01. The first kappa shape index (κ1) is 21.9. The lowest BCUT2D eigenvalue weighted by atomic mass is 10.0. The van der Waals surface area contributed by atoms with E-state index in [0.717, 1.165) is 24.2 Å². The summed E-state index contributed by atoms with van der Waals surface area (Å²) in [6.45, 7) is 6.80. The molecule has 0 amide bonds. The first-order chi connectivity index (χ1) is 16.1. The van der Waals surface area contributed by atoms with Crippen LogP contribution in [0, 0.1) is 5.82 Å². The van der Waals surface area contributed by atoms with Crippen LogP contribution in [-0.2, 0) is 4.57 Å². The first-order valence-electron chi connectivity index (χ1n) is 11.5. The van der Waals surface area contributed by atoms with Gasteiger partial charge in [-0.1, -0.05) is 66.7 Å². The zero-order valence-corrected chi connectivity index (χ0v) is 19.6. The topological polar surface area (TPSA) is 26.8 Å². The van der Waals surface area contributed by atoms with Crippen molar-refractivity contribution in [1.29, 1.82) is 0 Å². The number of halogens is 1. The van der Waals surface area contributed by atoms with Gasteiger partial charge in [-0.3, -0.25) is 9.46 Å². The molecule has 33 heavy (non-hydrogen) atoms. The molecule has 0 bridgehead atoms. The quantitative estimate of drug-likeness (QED) is 0.312. The van der Waals surface area contributed by atoms with E-state index in [-0.39, 0.29) is 5.82 Å². The zero-order chi connectivity index (χ0) is 22.8. The summed E-state index contributed by atoms with van der Waals surface area (Å²) in [4.78, 5) is 2.21. The van der Waals surface area contributed by atoms with Crippen LogP contribution >= 0.6 is 7.44 Å². The molecule has 6 heteroatoms. The summed E-state index contributed by atoms with van der Waals surface area (Å²) in [5, 5.41) is 0. The van der Waals surface area contributed by atoms with E-state index in [0.29, 0.717) is 31.7 Å². The summed E-state index contributed by atoms with van der Waals surface area (Å²) in [6.07, 6.45) is 1.67. The number of anilines is 2. The van der Waals surface area contributed by atoms with Gasteiger partial charge in [-0.15, -0.1) is 0 Å². The summed E-state index contributed by atoms with van der Waals surface area (Å²) < 4.78 is 34.9. The lowest BCUT2D eigenvalue weighted by molar-refractivity contribution is 0.228. The Morgan fingerprint density at radius 1 is 0.727 bits per heavy atom. The van der Waals surface area contributed by atoms with Gasteiger partial charge in [0.05, 0.1) is 0 Å². The minimum absolute atomic E-state index is 0.310. The van der Waals surface area contributed by atoms with Crippen LogP contribution in [0.5, 0.6) is 0 Å². The molecule has 3 aromatic rings. The fraction of sp³-hybridized carbons (Fsp3) is 0.259. The normalized spacial score (nSPS) is 19.6. The van der Waals surface area contributed by atoms with Crippen LogP contribution in [0.1, 0.15) is 24.2 Å². The first-order valence-corrected chi connectivity index (χ1v) is 13.2. The molecular weight excluding hydrogens is 432 g/mol. The summed E-state index contributed by atoms with van der Waals surface area (Å²) in [6, 6.07) is 26.6. The second kappa shape index (κ2) is 9.17. The molecule has 2 fully saturated rings. The predicted octanol–water partition coefficient (Wildman–Crippen LogP) is 6.70. The van der Waals surface area contributed by atoms with Crippen molar-refractivity contribution in [3.05, 3.63) is 108 Å². The van der Waals surface area contributed by atoms with E-state index in [4.69, 9.17) is 0 Å². The minimum atomic E-state index is -3.36. The Morgan fingerprint density at radius 2 is 1.21 bits per heavy atom. The predicted molar refractivity (Wildman–Crippen MR) is 134 cm³/mol. The highest BCUT2D eigenvalue weighted by atomic mass is 31.2. The highest BCUT2D eigenvalue weighted by Gasteiger charge is 2.52. The lowest BCUT2D eigenvalue weighted by Gasteiger charge is -2.44. The second-order valence-electron chi connectivity index (χ2n) is 8.69. The molecule has 3 aromatic carbocycles. The Kier molecular flexibility index (Phi) is 6.09. The maximum atomic E-state index is 15.5. The fourth-order valence-electron chi connectivity index (χ4n) is 5.02. The lowest BCUT2D eigenvalue weighted by Crippen LogP contribution is -2.39. The van der Waals surface area contributed by atoms with Gasteiger partial charge in [0.15, 0.2) is 0 Å². The Hall–Kier alpha value is -2.88. The number of nitrogens with zero attached hydrogens (tertiary/aromatic N) is 3. The van der Waals surface area contributed by atoms with Gasteiger partial charge in [0.25, 0.3) is 7.44 Å². The smallest absolute Gasteiger partial charge is 0.284 e. The van der Waals surface area contributed by atoms with Gasteiger partial charge in [0, 0.05) is 43.1 Å². The standard InChI is InChI=1S/C27H29FN3OP/c1-22-16-18-29(19-17-22)27(25-14-8-9-15-26(25)28)33(32)30(23-10-4-2-5-11-23)20-21-31(33)24-12-6-3-7-13-24/h2-15,27H,1,16-21H2. The molecule has 5 rings (SSSR count). The van der Waals surface area contributed by atoms with Gasteiger partial charge < -0.3 is 9.34 Å². The van der Waals surface area contributed by atoms with Crippen molar-refractivity contribution in [2.24, 2.45) is 0 Å². The number of hydrogen-bond donors (Lipinski definition) is 0.